The van der Waals surface area contributed by atoms with Crippen LogP contribution in [0.4, 0.5) is 5.69 Å². The summed E-state index contributed by atoms with van der Waals surface area (Å²) in [5.74, 6) is -0.904. The van der Waals surface area contributed by atoms with Crippen molar-refractivity contribution in [3.63, 3.8) is 0 Å². The topological polar surface area (TPSA) is 55.4 Å². The number of nitrogens with one attached hydrogen (secondary N) is 1. The Morgan fingerprint density at radius 2 is 1.73 bits per heavy atom. The van der Waals surface area contributed by atoms with Crippen LogP contribution in [0, 0.1) is 6.92 Å². The van der Waals surface area contributed by atoms with Crippen LogP contribution in [0.5, 0.6) is 0 Å². The van der Waals surface area contributed by atoms with E-state index in [1.165, 1.54) is 11.6 Å². The molecule has 0 bridgehead atoms. The number of unbranched alkanes of at least 4 members (excludes halogenated alkanes) is 1. The molecule has 2 aromatic rings. The van der Waals surface area contributed by atoms with Crippen molar-refractivity contribution < 1.29 is 14.3 Å². The maximum atomic E-state index is 11.9. The van der Waals surface area contributed by atoms with Crippen LogP contribution >= 0.6 is 0 Å². The minimum Gasteiger partial charge on any atom is -0.452 e. The first-order valence-electron chi connectivity index (χ1n) is 8.87. The Balaban J connectivity index is 1.75. The number of hydrogen-bond donors (Lipinski definition) is 1. The number of aryl methyl sites for hydroxylation is 2. The van der Waals surface area contributed by atoms with Crippen molar-refractivity contribution in [3.05, 3.63) is 71.3 Å². The van der Waals surface area contributed by atoms with Crippen molar-refractivity contribution in [3.8, 4) is 0 Å². The molecule has 26 heavy (non-hydrogen) atoms. The number of rotatable bonds is 8. The van der Waals surface area contributed by atoms with Gasteiger partial charge in [-0.05, 0) is 49.1 Å². The molecule has 0 fully saturated rings. The third-order valence-electron chi connectivity index (χ3n) is 3.89. The normalized spacial score (nSPS) is 10.7. The molecule has 0 unspecified atom stereocenters. The van der Waals surface area contributed by atoms with Gasteiger partial charge in [0.1, 0.15) is 0 Å². The number of amides is 1. The van der Waals surface area contributed by atoms with Gasteiger partial charge in [0, 0.05) is 11.8 Å². The van der Waals surface area contributed by atoms with E-state index in [-0.39, 0.29) is 12.5 Å². The summed E-state index contributed by atoms with van der Waals surface area (Å²) < 4.78 is 4.96. The SMILES string of the molecule is CCCCc1ccc(NC(=O)COC(=O)C=Cc2ccc(C)cc2)cc1. The Bertz CT molecular complexity index is 746. The van der Waals surface area contributed by atoms with Gasteiger partial charge < -0.3 is 10.1 Å². The maximum Gasteiger partial charge on any atom is 0.331 e. The molecule has 0 heterocycles. The molecule has 0 aliphatic rings. The highest BCUT2D eigenvalue weighted by atomic mass is 16.5. The van der Waals surface area contributed by atoms with Crippen LogP contribution in [-0.4, -0.2) is 18.5 Å². The molecule has 0 spiro atoms. The van der Waals surface area contributed by atoms with E-state index in [1.807, 2.05) is 55.5 Å². The number of carbonyl (C=O) groups is 2. The van der Waals surface area contributed by atoms with E-state index in [2.05, 4.69) is 12.2 Å². The van der Waals surface area contributed by atoms with Crippen molar-refractivity contribution in [1.29, 1.82) is 0 Å². The average Bonchev–Trinajstić information content (AvgIpc) is 2.65. The van der Waals surface area contributed by atoms with E-state index in [1.54, 1.807) is 6.08 Å². The van der Waals surface area contributed by atoms with Crippen LogP contribution in [0.3, 0.4) is 0 Å². The second-order valence-electron chi connectivity index (χ2n) is 6.20. The molecule has 0 aliphatic carbocycles. The van der Waals surface area contributed by atoms with Crippen LogP contribution in [0.15, 0.2) is 54.6 Å². The number of ether oxygens (including phenoxy) is 1. The van der Waals surface area contributed by atoms with Gasteiger partial charge in [0.05, 0.1) is 0 Å². The molecular weight excluding hydrogens is 326 g/mol. The Labute approximate surface area is 154 Å². The van der Waals surface area contributed by atoms with Crippen LogP contribution in [0.2, 0.25) is 0 Å². The van der Waals surface area contributed by atoms with Gasteiger partial charge in [-0.2, -0.15) is 0 Å². The molecule has 2 aromatic carbocycles. The highest BCUT2D eigenvalue weighted by Crippen LogP contribution is 2.12. The number of carbonyl (C=O) groups excluding carboxylic acids is 2. The van der Waals surface area contributed by atoms with Crippen molar-refractivity contribution >= 4 is 23.6 Å². The lowest BCUT2D eigenvalue weighted by Gasteiger charge is -2.06. The summed E-state index contributed by atoms with van der Waals surface area (Å²) in [6.45, 7) is 3.85. The van der Waals surface area contributed by atoms with Gasteiger partial charge in [-0.3, -0.25) is 4.79 Å². The quantitative estimate of drug-likeness (QED) is 0.561. The molecule has 0 saturated heterocycles. The third kappa shape index (κ3) is 6.93. The molecule has 0 aromatic heterocycles. The first-order chi connectivity index (χ1) is 12.6. The zero-order valence-corrected chi connectivity index (χ0v) is 15.3. The van der Waals surface area contributed by atoms with Crippen molar-refractivity contribution in [2.75, 3.05) is 11.9 Å². The standard InChI is InChI=1S/C22H25NO3/c1-3-4-5-18-10-13-20(14-11-18)23-21(24)16-26-22(25)15-12-19-8-6-17(2)7-9-19/h6-15H,3-5,16H2,1-2H3,(H,23,24). The molecule has 0 atom stereocenters. The molecule has 2 rings (SSSR count). The lowest BCUT2D eigenvalue weighted by Crippen LogP contribution is -2.20. The fourth-order valence-electron chi connectivity index (χ4n) is 2.36. The Morgan fingerprint density at radius 1 is 1.04 bits per heavy atom. The molecule has 136 valence electrons. The number of benzene rings is 2. The highest BCUT2D eigenvalue weighted by molar-refractivity contribution is 5.94. The zero-order valence-electron chi connectivity index (χ0n) is 15.3. The largest absolute Gasteiger partial charge is 0.452 e. The summed E-state index contributed by atoms with van der Waals surface area (Å²) in [6, 6.07) is 15.5. The molecule has 0 radical (unpaired) electrons. The Kier molecular flexibility index (Phi) is 7.62. The van der Waals surface area contributed by atoms with E-state index < -0.39 is 5.97 Å². The molecule has 4 heteroatoms. The number of anilines is 1. The van der Waals surface area contributed by atoms with Crippen LogP contribution in [0.1, 0.15) is 36.5 Å². The molecular formula is C22H25NO3. The average molecular weight is 351 g/mol. The van der Waals surface area contributed by atoms with Crippen molar-refractivity contribution in [2.24, 2.45) is 0 Å². The second-order valence-corrected chi connectivity index (χ2v) is 6.20. The van der Waals surface area contributed by atoms with Crippen LogP contribution < -0.4 is 5.32 Å². The minimum absolute atomic E-state index is 0.311. The van der Waals surface area contributed by atoms with Gasteiger partial charge in [0.15, 0.2) is 6.61 Å². The minimum atomic E-state index is -0.546. The van der Waals surface area contributed by atoms with Gasteiger partial charge >= 0.3 is 5.97 Å². The fraction of sp³-hybridized carbons (Fsp3) is 0.273. The van der Waals surface area contributed by atoms with Gasteiger partial charge in [-0.25, -0.2) is 4.79 Å². The van der Waals surface area contributed by atoms with Crippen LogP contribution in [0.25, 0.3) is 6.08 Å². The Hall–Kier alpha value is -2.88. The molecule has 1 N–H and O–H groups in total. The number of esters is 1. The monoisotopic (exact) mass is 351 g/mol. The van der Waals surface area contributed by atoms with E-state index >= 15 is 0 Å². The summed E-state index contributed by atoms with van der Waals surface area (Å²) in [5, 5.41) is 2.72. The molecule has 0 aliphatic heterocycles. The summed E-state index contributed by atoms with van der Waals surface area (Å²) in [4.78, 5) is 23.6. The number of hydrogen-bond acceptors (Lipinski definition) is 3. The highest BCUT2D eigenvalue weighted by Gasteiger charge is 2.06. The summed E-state index contributed by atoms with van der Waals surface area (Å²) in [7, 11) is 0. The van der Waals surface area contributed by atoms with E-state index in [0.717, 1.165) is 30.4 Å². The lowest BCUT2D eigenvalue weighted by atomic mass is 10.1. The van der Waals surface area contributed by atoms with Crippen molar-refractivity contribution in [1.82, 2.24) is 0 Å². The maximum absolute atomic E-state index is 11.9. The Morgan fingerprint density at radius 3 is 2.38 bits per heavy atom. The van der Waals surface area contributed by atoms with Gasteiger partial charge in [-0.15, -0.1) is 0 Å². The van der Waals surface area contributed by atoms with Gasteiger partial charge in [-0.1, -0.05) is 55.3 Å². The second kappa shape index (κ2) is 10.2. The van der Waals surface area contributed by atoms with Gasteiger partial charge in [0.2, 0.25) is 0 Å². The first-order valence-corrected chi connectivity index (χ1v) is 8.87. The smallest absolute Gasteiger partial charge is 0.331 e. The van der Waals surface area contributed by atoms with E-state index in [9.17, 15) is 9.59 Å². The zero-order chi connectivity index (χ0) is 18.8. The van der Waals surface area contributed by atoms with E-state index in [0.29, 0.717) is 5.69 Å². The lowest BCUT2D eigenvalue weighted by molar-refractivity contribution is -0.142. The summed E-state index contributed by atoms with van der Waals surface area (Å²) in [6.07, 6.45) is 6.32. The molecule has 1 amide bonds. The first kappa shape index (κ1) is 19.4. The fourth-order valence-corrected chi connectivity index (χ4v) is 2.36. The van der Waals surface area contributed by atoms with Gasteiger partial charge in [0.25, 0.3) is 5.91 Å². The predicted octanol–water partition coefficient (Wildman–Crippen LogP) is 4.53. The van der Waals surface area contributed by atoms with Crippen LogP contribution in [-0.2, 0) is 20.7 Å². The summed E-state index contributed by atoms with van der Waals surface area (Å²) >= 11 is 0. The van der Waals surface area contributed by atoms with Crippen molar-refractivity contribution in [2.45, 2.75) is 33.1 Å². The van der Waals surface area contributed by atoms with E-state index in [4.69, 9.17) is 4.74 Å². The predicted molar refractivity (Wildman–Crippen MR) is 105 cm³/mol. The summed E-state index contributed by atoms with van der Waals surface area (Å²) in [5.41, 5.74) is 4.00. The third-order valence-corrected chi connectivity index (χ3v) is 3.89. The molecule has 4 nitrogen and oxygen atoms in total. The molecule has 0 saturated carbocycles.